The second-order valence-electron chi connectivity index (χ2n) is 5.32. The van der Waals surface area contributed by atoms with Crippen LogP contribution in [0.2, 0.25) is 0 Å². The highest BCUT2D eigenvalue weighted by Gasteiger charge is 2.05. The van der Waals surface area contributed by atoms with Gasteiger partial charge in [-0.2, -0.15) is 0 Å². The third kappa shape index (κ3) is 4.57. The Kier molecular flexibility index (Phi) is 5.34. The molecular formula is C18H22O3. The first-order valence-corrected chi connectivity index (χ1v) is 7.41. The molecule has 0 radical (unpaired) electrons. The zero-order valence-corrected chi connectivity index (χ0v) is 12.9. The molecule has 2 aromatic carbocycles. The number of ether oxygens (including phenoxy) is 2. The molecule has 1 unspecified atom stereocenters. The van der Waals surface area contributed by atoms with E-state index in [9.17, 15) is 4.79 Å². The standard InChI is InChI=1S/C18H22O3/c1-4-9-20-13(2)10-15-5-6-17-12-18(21-14(3)19)8-7-16(17)11-15/h5-8,11-13H,4,9-10H2,1-3H3. The lowest BCUT2D eigenvalue weighted by Crippen LogP contribution is -2.12. The van der Waals surface area contributed by atoms with Crippen LogP contribution in [0, 0.1) is 0 Å². The van der Waals surface area contributed by atoms with Crippen molar-refractivity contribution in [2.24, 2.45) is 0 Å². The van der Waals surface area contributed by atoms with Gasteiger partial charge in [-0.3, -0.25) is 4.79 Å². The molecule has 0 spiro atoms. The lowest BCUT2D eigenvalue weighted by Gasteiger charge is -2.13. The van der Waals surface area contributed by atoms with Gasteiger partial charge in [0.25, 0.3) is 0 Å². The van der Waals surface area contributed by atoms with Crippen molar-refractivity contribution in [3.05, 3.63) is 42.0 Å². The summed E-state index contributed by atoms with van der Waals surface area (Å²) in [6, 6.07) is 12.0. The molecule has 3 heteroatoms. The van der Waals surface area contributed by atoms with Crippen LogP contribution in [-0.2, 0) is 16.0 Å². The van der Waals surface area contributed by atoms with Crippen molar-refractivity contribution in [3.8, 4) is 5.75 Å². The molecular weight excluding hydrogens is 264 g/mol. The van der Waals surface area contributed by atoms with Crippen LogP contribution < -0.4 is 4.74 Å². The maximum Gasteiger partial charge on any atom is 0.308 e. The predicted octanol–water partition coefficient (Wildman–Crippen LogP) is 4.12. The van der Waals surface area contributed by atoms with Crippen LogP contribution in [-0.4, -0.2) is 18.7 Å². The van der Waals surface area contributed by atoms with Crippen LogP contribution in [0.3, 0.4) is 0 Å². The quantitative estimate of drug-likeness (QED) is 0.592. The summed E-state index contributed by atoms with van der Waals surface area (Å²) in [4.78, 5) is 11.0. The maximum atomic E-state index is 11.0. The van der Waals surface area contributed by atoms with Gasteiger partial charge >= 0.3 is 5.97 Å². The van der Waals surface area contributed by atoms with Gasteiger partial charge in [0, 0.05) is 13.5 Å². The van der Waals surface area contributed by atoms with Crippen LogP contribution >= 0.6 is 0 Å². The molecule has 21 heavy (non-hydrogen) atoms. The van der Waals surface area contributed by atoms with Crippen molar-refractivity contribution >= 4 is 16.7 Å². The highest BCUT2D eigenvalue weighted by atomic mass is 16.5. The highest BCUT2D eigenvalue weighted by molar-refractivity contribution is 5.85. The van der Waals surface area contributed by atoms with E-state index < -0.39 is 0 Å². The summed E-state index contributed by atoms with van der Waals surface area (Å²) in [7, 11) is 0. The van der Waals surface area contributed by atoms with Gasteiger partial charge in [0.15, 0.2) is 0 Å². The third-order valence-electron chi connectivity index (χ3n) is 3.27. The molecule has 0 aliphatic rings. The lowest BCUT2D eigenvalue weighted by molar-refractivity contribution is -0.131. The largest absolute Gasteiger partial charge is 0.427 e. The Hall–Kier alpha value is -1.87. The molecule has 0 aromatic heterocycles. The van der Waals surface area contributed by atoms with Gasteiger partial charge in [-0.05, 0) is 48.2 Å². The average molecular weight is 286 g/mol. The Morgan fingerprint density at radius 2 is 1.86 bits per heavy atom. The second kappa shape index (κ2) is 7.23. The molecule has 0 saturated carbocycles. The Morgan fingerprint density at radius 3 is 2.57 bits per heavy atom. The zero-order valence-electron chi connectivity index (χ0n) is 12.9. The van der Waals surface area contributed by atoms with Crippen LogP contribution in [0.1, 0.15) is 32.8 Å². The lowest BCUT2D eigenvalue weighted by atomic mass is 10.0. The minimum Gasteiger partial charge on any atom is -0.427 e. The number of hydrogen-bond donors (Lipinski definition) is 0. The van der Waals surface area contributed by atoms with Gasteiger partial charge in [-0.15, -0.1) is 0 Å². The molecule has 2 rings (SSSR count). The van der Waals surface area contributed by atoms with Crippen molar-refractivity contribution in [1.29, 1.82) is 0 Å². The fourth-order valence-electron chi connectivity index (χ4n) is 2.34. The summed E-state index contributed by atoms with van der Waals surface area (Å²) < 4.78 is 10.8. The maximum absolute atomic E-state index is 11.0. The average Bonchev–Trinajstić information content (AvgIpc) is 2.44. The normalized spacial score (nSPS) is 12.3. The summed E-state index contributed by atoms with van der Waals surface area (Å²) in [5.74, 6) is 0.287. The molecule has 0 fully saturated rings. The minimum absolute atomic E-state index is 0.225. The number of esters is 1. The molecule has 0 saturated heterocycles. The summed E-state index contributed by atoms with van der Waals surface area (Å²) in [5.41, 5.74) is 1.26. The van der Waals surface area contributed by atoms with Crippen LogP contribution in [0.4, 0.5) is 0 Å². The Balaban J connectivity index is 2.13. The van der Waals surface area contributed by atoms with Crippen molar-refractivity contribution in [2.45, 2.75) is 39.7 Å². The minimum atomic E-state index is -0.298. The SMILES string of the molecule is CCCOC(C)Cc1ccc2cc(OC(C)=O)ccc2c1. The highest BCUT2D eigenvalue weighted by Crippen LogP contribution is 2.23. The predicted molar refractivity (Wildman–Crippen MR) is 84.7 cm³/mol. The van der Waals surface area contributed by atoms with Gasteiger partial charge < -0.3 is 9.47 Å². The van der Waals surface area contributed by atoms with E-state index in [2.05, 4.69) is 32.0 Å². The number of fused-ring (bicyclic) bond motifs is 1. The van der Waals surface area contributed by atoms with E-state index >= 15 is 0 Å². The summed E-state index contributed by atoms with van der Waals surface area (Å²) in [5, 5.41) is 2.21. The molecule has 0 heterocycles. The van der Waals surface area contributed by atoms with E-state index in [1.165, 1.54) is 12.5 Å². The van der Waals surface area contributed by atoms with Crippen LogP contribution in [0.15, 0.2) is 36.4 Å². The zero-order chi connectivity index (χ0) is 15.2. The topological polar surface area (TPSA) is 35.5 Å². The second-order valence-corrected chi connectivity index (χ2v) is 5.32. The fourth-order valence-corrected chi connectivity index (χ4v) is 2.34. The monoisotopic (exact) mass is 286 g/mol. The van der Waals surface area contributed by atoms with E-state index in [1.54, 1.807) is 0 Å². The number of benzene rings is 2. The van der Waals surface area contributed by atoms with E-state index in [0.29, 0.717) is 5.75 Å². The van der Waals surface area contributed by atoms with Gasteiger partial charge in [0.1, 0.15) is 5.75 Å². The van der Waals surface area contributed by atoms with E-state index in [-0.39, 0.29) is 12.1 Å². The van der Waals surface area contributed by atoms with E-state index in [1.807, 2.05) is 18.2 Å². The smallest absolute Gasteiger partial charge is 0.308 e. The first-order valence-electron chi connectivity index (χ1n) is 7.41. The van der Waals surface area contributed by atoms with Crippen molar-refractivity contribution in [3.63, 3.8) is 0 Å². The third-order valence-corrected chi connectivity index (χ3v) is 3.27. The Bertz CT molecular complexity index is 619. The molecule has 0 aliphatic carbocycles. The summed E-state index contributed by atoms with van der Waals surface area (Å²) >= 11 is 0. The van der Waals surface area contributed by atoms with Gasteiger partial charge in [0.2, 0.25) is 0 Å². The molecule has 0 bridgehead atoms. The number of carbonyl (C=O) groups excluding carboxylic acids is 1. The number of rotatable bonds is 6. The van der Waals surface area contributed by atoms with Crippen molar-refractivity contribution in [2.75, 3.05) is 6.61 Å². The number of carbonyl (C=O) groups is 1. The summed E-state index contributed by atoms with van der Waals surface area (Å²) in [6.45, 7) is 6.43. The summed E-state index contributed by atoms with van der Waals surface area (Å²) in [6.07, 6.45) is 2.17. The molecule has 112 valence electrons. The Morgan fingerprint density at radius 1 is 1.14 bits per heavy atom. The van der Waals surface area contributed by atoms with E-state index in [0.717, 1.165) is 30.2 Å². The van der Waals surface area contributed by atoms with Gasteiger partial charge in [0.05, 0.1) is 6.10 Å². The van der Waals surface area contributed by atoms with Crippen molar-refractivity contribution < 1.29 is 14.3 Å². The van der Waals surface area contributed by atoms with Crippen LogP contribution in [0.25, 0.3) is 10.8 Å². The molecule has 0 amide bonds. The van der Waals surface area contributed by atoms with E-state index in [4.69, 9.17) is 9.47 Å². The molecule has 0 aliphatic heterocycles. The Labute approximate surface area is 125 Å². The first kappa shape index (κ1) is 15.5. The molecule has 2 aromatic rings. The van der Waals surface area contributed by atoms with Gasteiger partial charge in [-0.1, -0.05) is 31.2 Å². The van der Waals surface area contributed by atoms with Crippen molar-refractivity contribution in [1.82, 2.24) is 0 Å². The molecule has 3 nitrogen and oxygen atoms in total. The fraction of sp³-hybridized carbons (Fsp3) is 0.389. The first-order chi connectivity index (χ1) is 10.1. The van der Waals surface area contributed by atoms with Gasteiger partial charge in [-0.25, -0.2) is 0 Å². The molecule has 1 atom stereocenters. The van der Waals surface area contributed by atoms with Crippen LogP contribution in [0.5, 0.6) is 5.75 Å². The molecule has 0 N–H and O–H groups in total. The number of hydrogen-bond acceptors (Lipinski definition) is 3.